The molecule has 4 aromatic rings. The molecule has 2 atom stereocenters. The second kappa shape index (κ2) is 6.78. The van der Waals surface area contributed by atoms with E-state index in [-0.39, 0.29) is 17.4 Å². The molecule has 3 aromatic heterocycles. The number of thiazole rings is 1. The van der Waals surface area contributed by atoms with Gasteiger partial charge in [-0.05, 0) is 19.4 Å². The van der Waals surface area contributed by atoms with Gasteiger partial charge in [0.15, 0.2) is 6.10 Å². The summed E-state index contributed by atoms with van der Waals surface area (Å²) in [6.45, 7) is 4.56. The molecule has 30 heavy (non-hydrogen) atoms. The molecule has 0 bridgehead atoms. The highest BCUT2D eigenvalue weighted by Gasteiger charge is 2.36. The Balaban J connectivity index is 1.98. The highest BCUT2D eigenvalue weighted by molar-refractivity contribution is 7.09. The fraction of sp³-hybridized carbons (Fsp3) is 0.318. The topological polar surface area (TPSA) is 71.0 Å². The standard InChI is InChI=1S/C22H22N4O3S/c1-12-11-30-20(23-12)19-18-17-15(21(27)25(4)22(28)24(17)3)16(14-8-6-5-7-9-14)26(18)10-13(2)29-19/h5-9,11,13,19H,10H2,1-4H3/t13-,19-/m0/s1. The molecule has 0 radical (unpaired) electrons. The fourth-order valence-corrected chi connectivity index (χ4v) is 5.19. The van der Waals surface area contributed by atoms with Gasteiger partial charge in [0, 0.05) is 31.7 Å². The monoisotopic (exact) mass is 422 g/mol. The van der Waals surface area contributed by atoms with Crippen molar-refractivity contribution in [2.75, 3.05) is 0 Å². The number of aromatic nitrogens is 4. The number of aryl methyl sites for hydroxylation is 2. The van der Waals surface area contributed by atoms with E-state index in [9.17, 15) is 9.59 Å². The Morgan fingerprint density at radius 3 is 2.53 bits per heavy atom. The summed E-state index contributed by atoms with van der Waals surface area (Å²) in [6.07, 6.45) is -0.512. The number of fused-ring (bicyclic) bond motifs is 3. The van der Waals surface area contributed by atoms with Crippen molar-refractivity contribution < 1.29 is 4.74 Å². The maximum atomic E-state index is 13.3. The summed E-state index contributed by atoms with van der Waals surface area (Å²) >= 11 is 1.53. The minimum absolute atomic E-state index is 0.0724. The Hall–Kier alpha value is -2.97. The SMILES string of the molecule is Cc1csc([C@H]2O[C@@H](C)Cn3c(-c4ccccc4)c4c(=O)n(C)c(=O)n(C)c4c32)n1. The van der Waals surface area contributed by atoms with Crippen molar-refractivity contribution in [3.8, 4) is 11.3 Å². The summed E-state index contributed by atoms with van der Waals surface area (Å²) in [5, 5.41) is 3.35. The van der Waals surface area contributed by atoms with Gasteiger partial charge in [0.25, 0.3) is 5.56 Å². The van der Waals surface area contributed by atoms with Crippen LogP contribution in [0.5, 0.6) is 0 Å². The minimum atomic E-state index is -0.440. The third kappa shape index (κ3) is 2.64. The molecular formula is C22H22N4O3S. The molecule has 1 aliphatic rings. The van der Waals surface area contributed by atoms with E-state index < -0.39 is 6.10 Å². The smallest absolute Gasteiger partial charge is 0.331 e. The van der Waals surface area contributed by atoms with Gasteiger partial charge in [0.05, 0.1) is 28.4 Å². The number of rotatable bonds is 2. The Labute approximate surface area is 176 Å². The van der Waals surface area contributed by atoms with Crippen molar-refractivity contribution in [2.45, 2.75) is 32.6 Å². The van der Waals surface area contributed by atoms with Crippen LogP contribution in [0.3, 0.4) is 0 Å². The summed E-state index contributed by atoms with van der Waals surface area (Å²) in [5.41, 5.74) is 3.47. The predicted molar refractivity (Wildman–Crippen MR) is 117 cm³/mol. The van der Waals surface area contributed by atoms with E-state index in [1.54, 1.807) is 11.6 Å². The van der Waals surface area contributed by atoms with Gasteiger partial charge in [-0.3, -0.25) is 13.9 Å². The Morgan fingerprint density at radius 1 is 1.13 bits per heavy atom. The van der Waals surface area contributed by atoms with E-state index in [2.05, 4.69) is 9.55 Å². The molecule has 1 aromatic carbocycles. The third-order valence-electron chi connectivity index (χ3n) is 5.67. The summed E-state index contributed by atoms with van der Waals surface area (Å²) in [6, 6.07) is 9.85. The molecule has 7 nitrogen and oxygen atoms in total. The molecular weight excluding hydrogens is 400 g/mol. The first-order chi connectivity index (χ1) is 14.4. The lowest BCUT2D eigenvalue weighted by Gasteiger charge is -2.30. The first-order valence-electron chi connectivity index (χ1n) is 9.83. The van der Waals surface area contributed by atoms with Crippen LogP contribution in [-0.4, -0.2) is 24.8 Å². The largest absolute Gasteiger partial charge is 0.360 e. The molecule has 5 rings (SSSR count). The normalized spacial score (nSPS) is 18.7. The Bertz CT molecular complexity index is 1390. The summed E-state index contributed by atoms with van der Waals surface area (Å²) < 4.78 is 11.2. The maximum absolute atomic E-state index is 13.3. The molecule has 0 fully saturated rings. The van der Waals surface area contributed by atoms with Gasteiger partial charge in [-0.1, -0.05) is 30.3 Å². The fourth-order valence-electron chi connectivity index (χ4n) is 4.36. The molecule has 154 valence electrons. The van der Waals surface area contributed by atoms with Gasteiger partial charge in [0.2, 0.25) is 0 Å². The molecule has 8 heteroatoms. The van der Waals surface area contributed by atoms with Crippen LogP contribution >= 0.6 is 11.3 Å². The number of benzene rings is 1. The highest BCUT2D eigenvalue weighted by Crippen LogP contribution is 2.42. The lowest BCUT2D eigenvalue weighted by atomic mass is 10.1. The zero-order valence-electron chi connectivity index (χ0n) is 17.2. The van der Waals surface area contributed by atoms with Crippen molar-refractivity contribution in [3.05, 3.63) is 72.9 Å². The zero-order chi connectivity index (χ0) is 21.2. The van der Waals surface area contributed by atoms with Gasteiger partial charge >= 0.3 is 5.69 Å². The van der Waals surface area contributed by atoms with Crippen molar-refractivity contribution in [3.63, 3.8) is 0 Å². The first-order valence-corrected chi connectivity index (χ1v) is 10.7. The van der Waals surface area contributed by atoms with Crippen LogP contribution in [-0.2, 0) is 25.4 Å². The number of hydrogen-bond donors (Lipinski definition) is 0. The average Bonchev–Trinajstić information content (AvgIpc) is 3.32. The lowest BCUT2D eigenvalue weighted by Crippen LogP contribution is -2.37. The number of nitrogens with zero attached hydrogens (tertiary/aromatic N) is 4. The van der Waals surface area contributed by atoms with Crippen LogP contribution in [0, 0.1) is 6.92 Å². The van der Waals surface area contributed by atoms with Crippen LogP contribution in [0.15, 0.2) is 45.3 Å². The second-order valence-corrected chi connectivity index (χ2v) is 8.68. The zero-order valence-corrected chi connectivity index (χ0v) is 18.1. The second-order valence-electron chi connectivity index (χ2n) is 7.79. The molecule has 0 unspecified atom stereocenters. The molecule has 0 aliphatic carbocycles. The average molecular weight is 423 g/mol. The van der Waals surface area contributed by atoms with Gasteiger partial charge in [0.1, 0.15) is 5.01 Å². The van der Waals surface area contributed by atoms with Crippen LogP contribution in [0.2, 0.25) is 0 Å². The van der Waals surface area contributed by atoms with Gasteiger partial charge in [-0.25, -0.2) is 9.78 Å². The van der Waals surface area contributed by atoms with E-state index in [1.165, 1.54) is 23.0 Å². The van der Waals surface area contributed by atoms with Crippen LogP contribution in [0.1, 0.15) is 29.4 Å². The quantitative estimate of drug-likeness (QED) is 0.498. The van der Waals surface area contributed by atoms with Crippen LogP contribution in [0.4, 0.5) is 0 Å². The molecule has 1 aliphatic heterocycles. The summed E-state index contributed by atoms with van der Waals surface area (Å²) in [7, 11) is 3.23. The molecule has 0 amide bonds. The highest BCUT2D eigenvalue weighted by atomic mass is 32.1. The van der Waals surface area contributed by atoms with E-state index in [4.69, 9.17) is 4.74 Å². The van der Waals surface area contributed by atoms with Crippen LogP contribution in [0.25, 0.3) is 22.2 Å². The molecule has 0 spiro atoms. The van der Waals surface area contributed by atoms with Crippen molar-refractivity contribution in [1.82, 2.24) is 18.7 Å². The Morgan fingerprint density at radius 2 is 1.87 bits per heavy atom. The van der Waals surface area contributed by atoms with Gasteiger partial charge in [-0.2, -0.15) is 0 Å². The van der Waals surface area contributed by atoms with E-state index >= 15 is 0 Å². The molecule has 4 heterocycles. The van der Waals surface area contributed by atoms with Gasteiger partial charge < -0.3 is 9.30 Å². The minimum Gasteiger partial charge on any atom is -0.360 e. The molecule has 0 saturated heterocycles. The summed E-state index contributed by atoms with van der Waals surface area (Å²) in [5.74, 6) is 0. The van der Waals surface area contributed by atoms with Crippen LogP contribution < -0.4 is 11.2 Å². The van der Waals surface area contributed by atoms with E-state index in [1.807, 2.05) is 49.6 Å². The number of ether oxygens (including phenoxy) is 1. The Kier molecular flexibility index (Phi) is 4.30. The third-order valence-corrected chi connectivity index (χ3v) is 6.68. The van der Waals surface area contributed by atoms with Crippen molar-refractivity contribution in [1.29, 1.82) is 0 Å². The van der Waals surface area contributed by atoms with E-state index in [0.29, 0.717) is 17.4 Å². The molecule has 0 saturated carbocycles. The maximum Gasteiger partial charge on any atom is 0.331 e. The van der Waals surface area contributed by atoms with E-state index in [0.717, 1.165) is 27.7 Å². The first kappa shape index (κ1) is 19.0. The van der Waals surface area contributed by atoms with Gasteiger partial charge in [-0.15, -0.1) is 11.3 Å². The molecule has 0 N–H and O–H groups in total. The summed E-state index contributed by atoms with van der Waals surface area (Å²) in [4.78, 5) is 30.8. The lowest BCUT2D eigenvalue weighted by molar-refractivity contribution is -0.0143. The number of hydrogen-bond acceptors (Lipinski definition) is 5. The van der Waals surface area contributed by atoms with Crippen molar-refractivity contribution >= 4 is 22.2 Å². The predicted octanol–water partition coefficient (Wildman–Crippen LogP) is 2.98. The van der Waals surface area contributed by atoms with Crippen molar-refractivity contribution in [2.24, 2.45) is 14.1 Å².